The fraction of sp³-hybridized carbons (Fsp3) is 0.235. The normalized spacial score (nSPS) is 11.2. The number of ketones is 1. The fourth-order valence-electron chi connectivity index (χ4n) is 2.54. The monoisotopic (exact) mass is 455 g/mol. The highest BCUT2D eigenvalue weighted by Crippen LogP contribution is 2.24. The van der Waals surface area contributed by atoms with Crippen LogP contribution in [0.5, 0.6) is 0 Å². The quantitative estimate of drug-likeness (QED) is 0.325. The summed E-state index contributed by atoms with van der Waals surface area (Å²) in [5.41, 5.74) is 1.98. The molecule has 1 aromatic carbocycles. The van der Waals surface area contributed by atoms with Crippen LogP contribution in [0, 0.1) is 9.39 Å². The number of benzene rings is 1. The minimum atomic E-state index is -0.331. The molecule has 3 aromatic rings. The van der Waals surface area contributed by atoms with Gasteiger partial charge in [-0.15, -0.1) is 0 Å². The van der Waals surface area contributed by atoms with Crippen LogP contribution in [-0.2, 0) is 11.2 Å². The molecule has 0 aliphatic heterocycles. The van der Waals surface area contributed by atoms with Crippen LogP contribution < -0.4 is 0 Å². The smallest absolute Gasteiger partial charge is 0.207 e. The number of pyridine rings is 1. The van der Waals surface area contributed by atoms with Gasteiger partial charge >= 0.3 is 0 Å². The van der Waals surface area contributed by atoms with E-state index in [-0.39, 0.29) is 43.5 Å². The Morgan fingerprint density at radius 3 is 2.96 bits per heavy atom. The molecule has 130 valence electrons. The van der Waals surface area contributed by atoms with Gasteiger partial charge in [0.05, 0.1) is 31.1 Å². The van der Waals surface area contributed by atoms with Crippen LogP contribution in [0.15, 0.2) is 30.6 Å². The van der Waals surface area contributed by atoms with E-state index in [2.05, 4.69) is 15.2 Å². The first-order chi connectivity index (χ1) is 12.1. The topological polar surface area (TPSA) is 88.1 Å². The molecule has 0 aliphatic carbocycles. The summed E-state index contributed by atoms with van der Waals surface area (Å²) in [4.78, 5) is 16.7. The number of aromatic nitrogens is 3. The van der Waals surface area contributed by atoms with Crippen molar-refractivity contribution in [3.63, 3.8) is 0 Å². The zero-order valence-electron chi connectivity index (χ0n) is 13.1. The number of H-pyrrole nitrogens is 1. The second kappa shape index (κ2) is 7.98. The third-order valence-corrected chi connectivity index (χ3v) is 4.39. The number of nitrogens with zero attached hydrogens (tertiary/aromatic N) is 2. The van der Waals surface area contributed by atoms with E-state index < -0.39 is 0 Å². The summed E-state index contributed by atoms with van der Waals surface area (Å²) in [5, 5.41) is 16.3. The number of nitrogens with one attached hydrogen (secondary N) is 1. The second-order valence-electron chi connectivity index (χ2n) is 5.39. The molecule has 0 amide bonds. The number of hydrogen-bond donors (Lipinski definition) is 2. The van der Waals surface area contributed by atoms with Gasteiger partial charge in [-0.2, -0.15) is 5.10 Å². The zero-order chi connectivity index (χ0) is 17.8. The third-order valence-electron chi connectivity index (χ3n) is 3.72. The molecule has 2 aromatic heterocycles. The first kappa shape index (κ1) is 17.9. The number of aliphatic hydroxyl groups excluding tert-OH is 1. The van der Waals surface area contributed by atoms with Crippen LogP contribution in [0.3, 0.4) is 0 Å². The maximum atomic E-state index is 14.3. The van der Waals surface area contributed by atoms with Crippen LogP contribution in [0.4, 0.5) is 4.39 Å². The Hall–Kier alpha value is -1.91. The van der Waals surface area contributed by atoms with Crippen molar-refractivity contribution in [2.75, 3.05) is 19.8 Å². The van der Waals surface area contributed by atoms with E-state index in [1.165, 1.54) is 12.3 Å². The minimum absolute atomic E-state index is 0.0702. The maximum absolute atomic E-state index is 14.3. The van der Waals surface area contributed by atoms with Crippen molar-refractivity contribution in [2.45, 2.75) is 6.42 Å². The highest BCUT2D eigenvalue weighted by Gasteiger charge is 2.19. The minimum Gasteiger partial charge on any atom is -0.394 e. The van der Waals surface area contributed by atoms with Crippen molar-refractivity contribution >= 4 is 39.3 Å². The third kappa shape index (κ3) is 4.02. The molecule has 6 nitrogen and oxygen atoms in total. The van der Waals surface area contributed by atoms with E-state index in [0.717, 1.165) is 8.96 Å². The van der Waals surface area contributed by atoms with Gasteiger partial charge in [0.25, 0.3) is 0 Å². The molecule has 0 spiro atoms. The lowest BCUT2D eigenvalue weighted by Crippen LogP contribution is -2.15. The fourth-order valence-corrected chi connectivity index (χ4v) is 3.00. The van der Waals surface area contributed by atoms with E-state index in [1.807, 2.05) is 28.7 Å². The molecular formula is C17H15FIN3O3. The summed E-state index contributed by atoms with van der Waals surface area (Å²) in [6, 6.07) is 4.96. The van der Waals surface area contributed by atoms with E-state index in [0.29, 0.717) is 16.6 Å². The maximum Gasteiger partial charge on any atom is 0.207 e. The van der Waals surface area contributed by atoms with E-state index in [4.69, 9.17) is 9.84 Å². The predicted molar refractivity (Wildman–Crippen MR) is 98.0 cm³/mol. The Kier molecular flexibility index (Phi) is 5.71. The second-order valence-corrected chi connectivity index (χ2v) is 6.64. The molecule has 3 rings (SSSR count). The number of halogens is 2. The van der Waals surface area contributed by atoms with Crippen LogP contribution in [0.1, 0.15) is 21.6 Å². The van der Waals surface area contributed by atoms with Crippen LogP contribution >= 0.6 is 22.6 Å². The Labute approximate surface area is 156 Å². The number of carbonyl (C=O) groups excluding carboxylic acids is 1. The standard InChI is InChI=1S/C17H15FIN3O3/c18-14-6-11(19)2-1-10(14)5-12-13-7-21-22-15(13)8-20-17(12)16(24)9-25-4-3-23/h1-2,6-8,23H,3-5,9H2,(H,21,22). The number of ether oxygens (including phenoxy) is 1. The number of fused-ring (bicyclic) bond motifs is 1. The number of aliphatic hydroxyl groups is 1. The van der Waals surface area contributed by atoms with Crippen molar-refractivity contribution in [2.24, 2.45) is 0 Å². The molecule has 0 unspecified atom stereocenters. The molecule has 0 atom stereocenters. The largest absolute Gasteiger partial charge is 0.394 e. The lowest BCUT2D eigenvalue weighted by Gasteiger charge is -2.10. The zero-order valence-corrected chi connectivity index (χ0v) is 15.3. The van der Waals surface area contributed by atoms with Gasteiger partial charge in [-0.05, 0) is 45.9 Å². The molecule has 0 aliphatic rings. The number of Topliss-reactive ketones (excluding diaryl/α,β-unsaturated/α-hetero) is 1. The summed E-state index contributed by atoms with van der Waals surface area (Å²) in [6.07, 6.45) is 3.34. The Morgan fingerprint density at radius 2 is 2.20 bits per heavy atom. The van der Waals surface area contributed by atoms with Crippen LogP contribution in [-0.4, -0.2) is 45.9 Å². The number of carbonyl (C=O) groups is 1. The average Bonchev–Trinajstić information content (AvgIpc) is 3.06. The molecule has 2 heterocycles. The molecular weight excluding hydrogens is 440 g/mol. The van der Waals surface area contributed by atoms with Crippen molar-refractivity contribution in [3.05, 3.63) is 56.8 Å². The Morgan fingerprint density at radius 1 is 1.36 bits per heavy atom. The van der Waals surface area contributed by atoms with Gasteiger partial charge in [0.1, 0.15) is 18.1 Å². The van der Waals surface area contributed by atoms with Crippen molar-refractivity contribution in [3.8, 4) is 0 Å². The van der Waals surface area contributed by atoms with Crippen LogP contribution in [0.2, 0.25) is 0 Å². The highest BCUT2D eigenvalue weighted by atomic mass is 127. The summed E-state index contributed by atoms with van der Waals surface area (Å²) in [5.74, 6) is -0.653. The SMILES string of the molecule is O=C(COCCO)c1ncc2[nH]ncc2c1Cc1ccc(I)cc1F. The average molecular weight is 455 g/mol. The lowest BCUT2D eigenvalue weighted by molar-refractivity contribution is 0.0659. The van der Waals surface area contributed by atoms with Crippen molar-refractivity contribution in [1.29, 1.82) is 0 Å². The first-order valence-electron chi connectivity index (χ1n) is 7.57. The lowest BCUT2D eigenvalue weighted by atomic mass is 9.98. The van der Waals surface area contributed by atoms with E-state index in [9.17, 15) is 9.18 Å². The molecule has 8 heteroatoms. The van der Waals surface area contributed by atoms with Gasteiger partial charge in [0.15, 0.2) is 0 Å². The van der Waals surface area contributed by atoms with E-state index in [1.54, 1.807) is 12.3 Å². The van der Waals surface area contributed by atoms with Crippen molar-refractivity contribution in [1.82, 2.24) is 15.2 Å². The summed E-state index contributed by atoms with van der Waals surface area (Å²) >= 11 is 2.04. The molecule has 25 heavy (non-hydrogen) atoms. The Balaban J connectivity index is 2.00. The number of aromatic amines is 1. The van der Waals surface area contributed by atoms with Crippen LogP contribution in [0.25, 0.3) is 10.9 Å². The van der Waals surface area contributed by atoms with E-state index >= 15 is 0 Å². The van der Waals surface area contributed by atoms with Gasteiger partial charge < -0.3 is 9.84 Å². The molecule has 2 N–H and O–H groups in total. The first-order valence-corrected chi connectivity index (χ1v) is 8.64. The number of rotatable bonds is 7. The predicted octanol–water partition coefficient (Wildman–Crippen LogP) is 2.48. The summed E-state index contributed by atoms with van der Waals surface area (Å²) in [7, 11) is 0. The van der Waals surface area contributed by atoms with Gasteiger partial charge in [0, 0.05) is 15.4 Å². The molecule has 0 bridgehead atoms. The highest BCUT2D eigenvalue weighted by molar-refractivity contribution is 14.1. The van der Waals surface area contributed by atoms with Gasteiger partial charge in [0.2, 0.25) is 5.78 Å². The van der Waals surface area contributed by atoms with Gasteiger partial charge in [-0.1, -0.05) is 6.07 Å². The molecule has 0 fully saturated rings. The summed E-state index contributed by atoms with van der Waals surface area (Å²) < 4.78 is 20.2. The molecule has 0 radical (unpaired) electrons. The van der Waals surface area contributed by atoms with Gasteiger partial charge in [-0.3, -0.25) is 14.9 Å². The van der Waals surface area contributed by atoms with Gasteiger partial charge in [-0.25, -0.2) is 4.39 Å². The molecule has 0 saturated carbocycles. The number of hydrogen-bond acceptors (Lipinski definition) is 5. The summed E-state index contributed by atoms with van der Waals surface area (Å²) in [6.45, 7) is -0.290. The molecule has 0 saturated heterocycles. The Bertz CT molecular complexity index is 913. The van der Waals surface area contributed by atoms with Crippen molar-refractivity contribution < 1.29 is 19.0 Å².